The number of nitriles is 1. The minimum Gasteiger partial charge on any atom is -0.397 e. The third-order valence-electron chi connectivity index (χ3n) is 8.03. The maximum atomic E-state index is 10.2. The summed E-state index contributed by atoms with van der Waals surface area (Å²) in [5, 5.41) is 13.0. The van der Waals surface area contributed by atoms with Crippen molar-refractivity contribution in [3.8, 4) is 51.6 Å². The monoisotopic (exact) mass is 628 g/mol. The number of rotatable bonds is 0. The summed E-state index contributed by atoms with van der Waals surface area (Å²) < 4.78 is 0. The maximum absolute atomic E-state index is 10.2. The number of anilines is 2. The second-order valence-corrected chi connectivity index (χ2v) is 10.5. The Bertz CT molecular complexity index is 2610. The van der Waals surface area contributed by atoms with Gasteiger partial charge in [0.2, 0.25) is 0 Å². The summed E-state index contributed by atoms with van der Waals surface area (Å²) in [6.45, 7) is 0. The summed E-state index contributed by atoms with van der Waals surface area (Å²) in [6.07, 6.45) is 0. The molecule has 2 aliphatic heterocycles. The van der Waals surface area contributed by atoms with Crippen LogP contribution in [0.1, 0.15) is 5.56 Å². The van der Waals surface area contributed by atoms with Crippen LogP contribution in [0.4, 0.5) is 11.4 Å². The Morgan fingerprint density at radius 2 is 0.933 bits per heavy atom. The summed E-state index contributed by atoms with van der Waals surface area (Å²) in [6, 6.07) is 27.4. The van der Waals surface area contributed by atoms with Crippen LogP contribution in [0.25, 0.3) is 89.7 Å². The van der Waals surface area contributed by atoms with Crippen molar-refractivity contribution in [1.82, 2.24) is 39.9 Å². The average molecular weight is 629 g/mol. The van der Waals surface area contributed by atoms with E-state index in [9.17, 15) is 5.26 Å². The van der Waals surface area contributed by atoms with Gasteiger partial charge in [-0.05, 0) is 6.07 Å². The molecule has 9 rings (SSSR count). The molecule has 6 N–H and O–H groups in total. The van der Waals surface area contributed by atoms with Crippen LogP contribution in [0.2, 0.25) is 0 Å². The van der Waals surface area contributed by atoms with E-state index in [0.29, 0.717) is 56.7 Å². The van der Waals surface area contributed by atoms with Gasteiger partial charge in [-0.2, -0.15) is 5.26 Å². The van der Waals surface area contributed by atoms with Crippen LogP contribution >= 0.6 is 0 Å². The number of nitrogens with two attached hydrogens (primary N) is 2. The molecule has 0 amide bonds. The number of H-pyrrole nitrogens is 2. The van der Waals surface area contributed by atoms with Crippen molar-refractivity contribution in [2.24, 2.45) is 0 Å². The number of benzene rings is 4. The molecule has 7 aromatic rings. The molecule has 213 valence electrons. The van der Waals surface area contributed by atoms with Crippen molar-refractivity contribution in [2.45, 2.75) is 0 Å². The minimum atomic E-state index is 0. The number of nitrogens with zero attached hydrogens (tertiary/aromatic N) is 7. The summed E-state index contributed by atoms with van der Waals surface area (Å²) >= 11 is 0. The van der Waals surface area contributed by atoms with Crippen LogP contribution in [-0.4, -0.2) is 39.9 Å². The minimum absolute atomic E-state index is 0. The van der Waals surface area contributed by atoms with E-state index in [-0.39, 0.29) is 33.7 Å². The molecule has 0 atom stereocenters. The van der Waals surface area contributed by atoms with Gasteiger partial charge in [-0.1, -0.05) is 72.8 Å². The first kappa shape index (κ1) is 26.5. The fourth-order valence-corrected chi connectivity index (χ4v) is 5.95. The molecule has 0 unspecified atom stereocenters. The van der Waals surface area contributed by atoms with Crippen LogP contribution in [0.5, 0.6) is 0 Å². The average Bonchev–Trinajstić information content (AvgIpc) is 3.77. The number of nitrogen functional groups attached to an aromatic ring is 2. The van der Waals surface area contributed by atoms with Crippen molar-refractivity contribution < 1.29 is 16.8 Å². The van der Waals surface area contributed by atoms with Crippen molar-refractivity contribution >= 4 is 55.5 Å². The van der Waals surface area contributed by atoms with Gasteiger partial charge in [0.05, 0.1) is 16.9 Å². The van der Waals surface area contributed by atoms with E-state index >= 15 is 0 Å². The molecular weight excluding hydrogens is 609 g/mol. The van der Waals surface area contributed by atoms with Gasteiger partial charge < -0.3 is 21.4 Å². The molecule has 0 saturated carbocycles. The van der Waals surface area contributed by atoms with Crippen molar-refractivity contribution in [1.29, 1.82) is 5.26 Å². The van der Waals surface area contributed by atoms with Gasteiger partial charge in [-0.3, -0.25) is 0 Å². The van der Waals surface area contributed by atoms with Crippen LogP contribution in [0, 0.1) is 11.3 Å². The van der Waals surface area contributed by atoms with Crippen LogP contribution in [0.3, 0.4) is 0 Å². The molecule has 0 saturated heterocycles. The number of hydrogen-bond donors (Lipinski definition) is 4. The standard InChI is InChI=1S/C33H19N11.Co/c34-14-22-24-21(13-23(35)25(22)36)32-42-30-18-10-4-3-9-17(18)28(40-30)38-26-15-7-1-2-8-16(15)27(37-26)39-29-19-11-5-6-12-20(19)31(41-29)43-33(24)44-32;/h1-13H,35-36H2,(H2,37,38,39,40,41,42,43,44);/q;+2. The molecule has 3 aromatic heterocycles. The molecule has 0 aliphatic carbocycles. The fraction of sp³-hybridized carbons (Fsp3) is 0. The summed E-state index contributed by atoms with van der Waals surface area (Å²) in [5.41, 5.74) is 18.5. The number of hydrogen-bond acceptors (Lipinski definition) is 9. The Hall–Kier alpha value is -6.16. The zero-order valence-corrected chi connectivity index (χ0v) is 24.2. The Labute approximate surface area is 264 Å². The zero-order valence-electron chi connectivity index (χ0n) is 23.1. The number of aromatic nitrogens is 8. The SMILES string of the molecule is N#Cc1c(N)c(N)cc2c3nc4nc(nc5[nH]c(nc6nc(nc([nH]3)c12)-c1ccccc1-6)c1ccccc51)-c1ccccc1-4.[Co+2]. The Morgan fingerprint density at radius 1 is 0.533 bits per heavy atom. The Balaban J connectivity index is 0.00000300. The van der Waals surface area contributed by atoms with Gasteiger partial charge in [0, 0.05) is 43.8 Å². The van der Waals surface area contributed by atoms with E-state index in [4.69, 9.17) is 41.4 Å². The zero-order chi connectivity index (χ0) is 29.5. The normalized spacial score (nSPS) is 11.5. The largest absolute Gasteiger partial charge is 2.00 e. The fourth-order valence-electron chi connectivity index (χ4n) is 5.95. The van der Waals surface area contributed by atoms with Crippen LogP contribution in [0.15, 0.2) is 78.9 Å². The van der Waals surface area contributed by atoms with Gasteiger partial charge in [0.15, 0.2) is 23.3 Å². The van der Waals surface area contributed by atoms with Crippen LogP contribution < -0.4 is 11.5 Å². The smallest absolute Gasteiger partial charge is 0.397 e. The Kier molecular flexibility index (Phi) is 5.69. The first-order valence-corrected chi connectivity index (χ1v) is 13.8. The molecule has 5 heterocycles. The second kappa shape index (κ2) is 9.68. The molecule has 12 heteroatoms. The first-order chi connectivity index (χ1) is 21.6. The van der Waals surface area contributed by atoms with Gasteiger partial charge in [-0.25, -0.2) is 29.9 Å². The summed E-state index contributed by atoms with van der Waals surface area (Å²) in [7, 11) is 0. The summed E-state index contributed by atoms with van der Waals surface area (Å²) in [5.74, 6) is 1.89. The van der Waals surface area contributed by atoms with Crippen LogP contribution in [-0.2, 0) is 16.8 Å². The number of fused-ring (bicyclic) bond motifs is 20. The predicted octanol–water partition coefficient (Wildman–Crippen LogP) is 5.90. The van der Waals surface area contributed by atoms with Crippen molar-refractivity contribution in [3.05, 3.63) is 84.4 Å². The molecule has 8 bridgehead atoms. The molecule has 4 aromatic carbocycles. The molecule has 2 aliphatic rings. The molecule has 11 nitrogen and oxygen atoms in total. The van der Waals surface area contributed by atoms with E-state index in [2.05, 4.69) is 16.0 Å². The van der Waals surface area contributed by atoms with Gasteiger partial charge in [0.25, 0.3) is 0 Å². The van der Waals surface area contributed by atoms with E-state index < -0.39 is 0 Å². The van der Waals surface area contributed by atoms with E-state index in [1.807, 2.05) is 72.8 Å². The van der Waals surface area contributed by atoms with Gasteiger partial charge >= 0.3 is 16.8 Å². The number of nitrogens with one attached hydrogen (secondary N) is 2. The predicted molar refractivity (Wildman–Crippen MR) is 170 cm³/mol. The third kappa shape index (κ3) is 3.82. The van der Waals surface area contributed by atoms with Gasteiger partial charge in [0.1, 0.15) is 28.7 Å². The molecule has 1 radical (unpaired) electrons. The van der Waals surface area contributed by atoms with E-state index in [1.54, 1.807) is 6.07 Å². The molecular formula is C33H19CoN11+2. The topological polar surface area (TPSA) is 185 Å². The summed E-state index contributed by atoms with van der Waals surface area (Å²) in [4.78, 5) is 36.3. The Morgan fingerprint density at radius 3 is 1.40 bits per heavy atom. The quantitative estimate of drug-likeness (QED) is 0.148. The molecule has 0 fully saturated rings. The third-order valence-corrected chi connectivity index (χ3v) is 8.03. The second-order valence-electron chi connectivity index (χ2n) is 10.5. The molecule has 0 spiro atoms. The first-order valence-electron chi connectivity index (χ1n) is 13.8. The van der Waals surface area contributed by atoms with E-state index in [0.717, 1.165) is 33.0 Å². The van der Waals surface area contributed by atoms with Crippen molar-refractivity contribution in [3.63, 3.8) is 0 Å². The molecule has 45 heavy (non-hydrogen) atoms. The number of aromatic amines is 2. The van der Waals surface area contributed by atoms with Crippen molar-refractivity contribution in [2.75, 3.05) is 11.5 Å². The maximum Gasteiger partial charge on any atom is 2.00 e. The van der Waals surface area contributed by atoms with Gasteiger partial charge in [-0.15, -0.1) is 0 Å². The van der Waals surface area contributed by atoms with E-state index in [1.165, 1.54) is 0 Å².